The Morgan fingerprint density at radius 2 is 1.73 bits per heavy atom. The molecule has 2 nitrogen and oxygen atoms in total. The fraction of sp³-hybridized carbons (Fsp3) is 0.923. The number of carbonyl (C=O) groups excluding carboxylic acids is 1. The van der Waals surface area contributed by atoms with Gasteiger partial charge in [0.1, 0.15) is 5.78 Å². The molecular formula is C13H21NO. The summed E-state index contributed by atoms with van der Waals surface area (Å²) in [6.45, 7) is 1.09. The Balaban J connectivity index is 1.69. The molecule has 0 aromatic heterocycles. The molecule has 0 radical (unpaired) electrons. The maximum Gasteiger partial charge on any atom is 0.138 e. The lowest BCUT2D eigenvalue weighted by molar-refractivity contribution is -0.134. The number of hydrogen-bond acceptors (Lipinski definition) is 2. The summed E-state index contributed by atoms with van der Waals surface area (Å²) >= 11 is 0. The van der Waals surface area contributed by atoms with Gasteiger partial charge in [0.2, 0.25) is 0 Å². The fourth-order valence-electron chi connectivity index (χ4n) is 3.80. The highest BCUT2D eigenvalue weighted by Gasteiger charge is 2.41. The van der Waals surface area contributed by atoms with Gasteiger partial charge in [-0.3, -0.25) is 9.69 Å². The highest BCUT2D eigenvalue weighted by atomic mass is 16.1. The number of nitrogens with zero attached hydrogens (tertiary/aromatic N) is 1. The molecule has 2 bridgehead atoms. The first-order valence-corrected chi connectivity index (χ1v) is 6.63. The van der Waals surface area contributed by atoms with Gasteiger partial charge in [-0.05, 0) is 25.7 Å². The summed E-state index contributed by atoms with van der Waals surface area (Å²) in [5, 5.41) is 0. The van der Waals surface area contributed by atoms with Crippen LogP contribution in [0.2, 0.25) is 0 Å². The number of Topliss-reactive ketones (excluding diaryl/α,β-unsaturated/α-hetero) is 1. The maximum atomic E-state index is 11.7. The van der Waals surface area contributed by atoms with E-state index >= 15 is 0 Å². The fourth-order valence-corrected chi connectivity index (χ4v) is 3.80. The summed E-state index contributed by atoms with van der Waals surface area (Å²) < 4.78 is 0. The van der Waals surface area contributed by atoms with Crippen molar-refractivity contribution in [3.05, 3.63) is 0 Å². The Morgan fingerprint density at radius 3 is 2.33 bits per heavy atom. The first-order chi connectivity index (χ1) is 7.34. The van der Waals surface area contributed by atoms with E-state index in [4.69, 9.17) is 0 Å². The topological polar surface area (TPSA) is 20.3 Å². The van der Waals surface area contributed by atoms with Crippen LogP contribution in [0.4, 0.5) is 0 Å². The molecule has 0 spiro atoms. The maximum absolute atomic E-state index is 11.7. The Labute approximate surface area is 92.0 Å². The van der Waals surface area contributed by atoms with Crippen molar-refractivity contribution in [2.24, 2.45) is 5.92 Å². The van der Waals surface area contributed by atoms with E-state index in [0.29, 0.717) is 17.7 Å². The van der Waals surface area contributed by atoms with E-state index < -0.39 is 0 Å². The SMILES string of the molecule is O=C1CC2CCC1CN2C1CCCCC1. The predicted octanol–water partition coefficient (Wildman–Crippen LogP) is 2.37. The summed E-state index contributed by atoms with van der Waals surface area (Å²) in [7, 11) is 0. The van der Waals surface area contributed by atoms with Crippen LogP contribution in [0.3, 0.4) is 0 Å². The molecule has 2 unspecified atom stereocenters. The summed E-state index contributed by atoms with van der Waals surface area (Å²) in [5.41, 5.74) is 0. The average molecular weight is 207 g/mol. The van der Waals surface area contributed by atoms with Crippen molar-refractivity contribution in [2.75, 3.05) is 6.54 Å². The molecule has 2 aliphatic carbocycles. The molecular weight excluding hydrogens is 186 g/mol. The third-order valence-electron chi connectivity index (χ3n) is 4.68. The molecule has 84 valence electrons. The lowest BCUT2D eigenvalue weighted by Crippen LogP contribution is -2.56. The zero-order valence-electron chi connectivity index (χ0n) is 9.45. The van der Waals surface area contributed by atoms with Crippen LogP contribution in [0.1, 0.15) is 51.4 Å². The highest BCUT2D eigenvalue weighted by Crippen LogP contribution is 2.36. The van der Waals surface area contributed by atoms with E-state index in [1.54, 1.807) is 0 Å². The number of fused-ring (bicyclic) bond motifs is 3. The third kappa shape index (κ3) is 1.73. The number of piperidine rings is 2. The van der Waals surface area contributed by atoms with Gasteiger partial charge in [0, 0.05) is 31.0 Å². The Bertz CT molecular complexity index is 257. The molecule has 2 heteroatoms. The molecule has 4 fully saturated rings. The van der Waals surface area contributed by atoms with Crippen molar-refractivity contribution in [3.63, 3.8) is 0 Å². The van der Waals surface area contributed by atoms with Crippen LogP contribution in [-0.4, -0.2) is 29.3 Å². The average Bonchev–Trinajstić information content (AvgIpc) is 2.31. The molecule has 2 saturated carbocycles. The molecule has 2 atom stereocenters. The van der Waals surface area contributed by atoms with Crippen LogP contribution in [0.5, 0.6) is 0 Å². The summed E-state index contributed by atoms with van der Waals surface area (Å²) in [5.74, 6) is 0.954. The first-order valence-electron chi connectivity index (χ1n) is 6.63. The number of hydrogen-bond donors (Lipinski definition) is 0. The third-order valence-corrected chi connectivity index (χ3v) is 4.68. The Morgan fingerprint density at radius 1 is 0.933 bits per heavy atom. The van der Waals surface area contributed by atoms with E-state index in [1.165, 1.54) is 44.9 Å². The van der Waals surface area contributed by atoms with Crippen LogP contribution < -0.4 is 0 Å². The molecule has 2 saturated heterocycles. The Kier molecular flexibility index (Phi) is 2.55. The quantitative estimate of drug-likeness (QED) is 0.658. The van der Waals surface area contributed by atoms with E-state index in [1.807, 2.05) is 0 Å². The van der Waals surface area contributed by atoms with Gasteiger partial charge < -0.3 is 0 Å². The van der Waals surface area contributed by atoms with Crippen LogP contribution in [-0.2, 0) is 4.79 Å². The molecule has 0 amide bonds. The van der Waals surface area contributed by atoms with Crippen molar-refractivity contribution in [2.45, 2.75) is 63.5 Å². The molecule has 4 rings (SSSR count). The molecule has 0 N–H and O–H groups in total. The van der Waals surface area contributed by atoms with Gasteiger partial charge in [-0.2, -0.15) is 0 Å². The van der Waals surface area contributed by atoms with Crippen LogP contribution >= 0.6 is 0 Å². The second-order valence-corrected chi connectivity index (χ2v) is 5.59. The first kappa shape index (κ1) is 9.83. The van der Waals surface area contributed by atoms with Crippen LogP contribution in [0.15, 0.2) is 0 Å². The number of carbonyl (C=O) groups is 1. The largest absolute Gasteiger partial charge is 0.299 e. The molecule has 2 aliphatic heterocycles. The van der Waals surface area contributed by atoms with Crippen LogP contribution in [0, 0.1) is 5.92 Å². The second-order valence-electron chi connectivity index (χ2n) is 5.59. The van der Waals surface area contributed by atoms with E-state index in [-0.39, 0.29) is 0 Å². The minimum Gasteiger partial charge on any atom is -0.299 e. The van der Waals surface area contributed by atoms with Gasteiger partial charge in [-0.1, -0.05) is 19.3 Å². The standard InChI is InChI=1S/C13H21NO/c15-13-8-12-7-6-10(13)9-14(12)11-4-2-1-3-5-11/h10-12H,1-9H2. The summed E-state index contributed by atoms with van der Waals surface area (Å²) in [6.07, 6.45) is 10.3. The van der Waals surface area contributed by atoms with Gasteiger partial charge >= 0.3 is 0 Å². The van der Waals surface area contributed by atoms with Gasteiger partial charge in [-0.15, -0.1) is 0 Å². The van der Waals surface area contributed by atoms with Crippen molar-refractivity contribution in [1.82, 2.24) is 4.90 Å². The molecule has 15 heavy (non-hydrogen) atoms. The lowest BCUT2D eigenvalue weighted by atomic mass is 9.77. The van der Waals surface area contributed by atoms with Gasteiger partial charge in [0.15, 0.2) is 0 Å². The second kappa shape index (κ2) is 3.89. The zero-order valence-corrected chi connectivity index (χ0v) is 9.45. The zero-order chi connectivity index (χ0) is 10.3. The molecule has 0 aromatic rings. The van der Waals surface area contributed by atoms with E-state index in [0.717, 1.165) is 19.0 Å². The van der Waals surface area contributed by atoms with E-state index in [9.17, 15) is 4.79 Å². The van der Waals surface area contributed by atoms with Crippen molar-refractivity contribution in [3.8, 4) is 0 Å². The van der Waals surface area contributed by atoms with Crippen LogP contribution in [0.25, 0.3) is 0 Å². The van der Waals surface area contributed by atoms with Gasteiger partial charge in [0.05, 0.1) is 0 Å². The van der Waals surface area contributed by atoms with E-state index in [2.05, 4.69) is 4.90 Å². The van der Waals surface area contributed by atoms with Crippen molar-refractivity contribution < 1.29 is 4.79 Å². The lowest BCUT2D eigenvalue weighted by Gasteiger charge is -2.49. The number of rotatable bonds is 1. The molecule has 4 aliphatic rings. The molecule has 2 heterocycles. The smallest absolute Gasteiger partial charge is 0.138 e. The summed E-state index contributed by atoms with van der Waals surface area (Å²) in [6, 6.07) is 1.44. The minimum absolute atomic E-state index is 0.400. The highest BCUT2D eigenvalue weighted by molar-refractivity contribution is 5.83. The monoisotopic (exact) mass is 207 g/mol. The molecule has 0 aromatic carbocycles. The predicted molar refractivity (Wildman–Crippen MR) is 59.7 cm³/mol. The summed E-state index contributed by atoms with van der Waals surface area (Å²) in [4.78, 5) is 14.3. The van der Waals surface area contributed by atoms with Gasteiger partial charge in [-0.25, -0.2) is 0 Å². The van der Waals surface area contributed by atoms with Crippen molar-refractivity contribution in [1.29, 1.82) is 0 Å². The van der Waals surface area contributed by atoms with Gasteiger partial charge in [0.25, 0.3) is 0 Å². The normalized spacial score (nSPS) is 38.5. The van der Waals surface area contributed by atoms with Crippen molar-refractivity contribution >= 4 is 5.78 Å². The number of ketones is 1. The Hall–Kier alpha value is -0.370. The minimum atomic E-state index is 0.400.